The zero-order valence-corrected chi connectivity index (χ0v) is 15.3. The molecule has 0 aliphatic rings. The Morgan fingerprint density at radius 2 is 1.79 bits per heavy atom. The topological polar surface area (TPSA) is 76.1 Å². The molecule has 9 heteroatoms. The largest absolute Gasteiger partial charge is 0.497 e. The predicted octanol–water partition coefficient (Wildman–Crippen LogP) is 4.42. The van der Waals surface area contributed by atoms with Crippen LogP contribution in [0.25, 0.3) is 0 Å². The van der Waals surface area contributed by atoms with E-state index in [-0.39, 0.29) is 5.69 Å². The number of alkyl halides is 3. The van der Waals surface area contributed by atoms with Crippen LogP contribution < -0.4 is 15.4 Å². The van der Waals surface area contributed by atoms with Crippen molar-refractivity contribution in [2.45, 2.75) is 12.2 Å². The smallest absolute Gasteiger partial charge is 0.418 e. The van der Waals surface area contributed by atoms with Crippen molar-refractivity contribution in [3.8, 4) is 5.75 Å². The van der Waals surface area contributed by atoms with Gasteiger partial charge in [0, 0.05) is 12.4 Å². The van der Waals surface area contributed by atoms with Gasteiger partial charge >= 0.3 is 12.2 Å². The van der Waals surface area contributed by atoms with Crippen molar-refractivity contribution in [2.24, 2.45) is 0 Å². The number of hydrogen-bond donors (Lipinski definition) is 2. The summed E-state index contributed by atoms with van der Waals surface area (Å²) in [5.41, 5.74) is -0.430. The fourth-order valence-electron chi connectivity index (χ4n) is 2.73. The van der Waals surface area contributed by atoms with Crippen LogP contribution >= 0.6 is 0 Å². The molecule has 0 radical (unpaired) electrons. The molecule has 0 aliphatic carbocycles. The molecule has 2 heterocycles. The van der Waals surface area contributed by atoms with E-state index in [0.717, 1.165) is 6.07 Å². The molecule has 150 valence electrons. The minimum absolute atomic E-state index is 0.313. The maximum atomic E-state index is 13.5. The lowest BCUT2D eigenvalue weighted by Gasteiger charge is -2.22. The molecular weight excluding hydrogens is 385 g/mol. The molecule has 0 saturated heterocycles. The fraction of sp³-hybridized carbons (Fsp3) is 0.150. The van der Waals surface area contributed by atoms with Gasteiger partial charge in [0.1, 0.15) is 5.75 Å². The van der Waals surface area contributed by atoms with Crippen LogP contribution in [0.4, 0.5) is 23.7 Å². The number of pyridine rings is 2. The van der Waals surface area contributed by atoms with Crippen LogP contribution in [0.2, 0.25) is 0 Å². The SMILES string of the molecule is COc1ccc([C@H](NC(=O)Nc2cccnc2)c2ncccc2C(F)(F)F)cc1. The highest BCUT2D eigenvalue weighted by molar-refractivity contribution is 5.89. The number of hydrogen-bond acceptors (Lipinski definition) is 4. The van der Waals surface area contributed by atoms with Gasteiger partial charge in [-0.1, -0.05) is 12.1 Å². The maximum absolute atomic E-state index is 13.5. The summed E-state index contributed by atoms with van der Waals surface area (Å²) >= 11 is 0. The monoisotopic (exact) mass is 402 g/mol. The molecule has 2 amide bonds. The first-order chi connectivity index (χ1) is 13.9. The zero-order chi connectivity index (χ0) is 20.9. The third-order valence-electron chi connectivity index (χ3n) is 4.06. The molecule has 0 saturated carbocycles. The van der Waals surface area contributed by atoms with Crippen LogP contribution in [-0.2, 0) is 6.18 Å². The number of anilines is 1. The second-order valence-corrected chi connectivity index (χ2v) is 5.98. The van der Waals surface area contributed by atoms with E-state index in [1.54, 1.807) is 36.4 Å². The highest BCUT2D eigenvalue weighted by Crippen LogP contribution is 2.35. The molecule has 0 spiro atoms. The number of methoxy groups -OCH3 is 1. The fourth-order valence-corrected chi connectivity index (χ4v) is 2.73. The molecule has 1 atom stereocenters. The van der Waals surface area contributed by atoms with Crippen molar-refractivity contribution in [1.29, 1.82) is 0 Å². The van der Waals surface area contributed by atoms with Gasteiger partial charge in [0.2, 0.25) is 0 Å². The first-order valence-electron chi connectivity index (χ1n) is 8.52. The Kier molecular flexibility index (Phi) is 5.96. The van der Waals surface area contributed by atoms with Gasteiger partial charge in [0.05, 0.1) is 36.3 Å². The average Bonchev–Trinajstić information content (AvgIpc) is 2.72. The van der Waals surface area contributed by atoms with Crippen LogP contribution in [0, 0.1) is 0 Å². The van der Waals surface area contributed by atoms with E-state index in [0.29, 0.717) is 17.0 Å². The first-order valence-corrected chi connectivity index (χ1v) is 8.52. The van der Waals surface area contributed by atoms with Gasteiger partial charge in [0.15, 0.2) is 0 Å². The first kappa shape index (κ1) is 20.1. The lowest BCUT2D eigenvalue weighted by atomic mass is 9.99. The number of nitrogens with zero attached hydrogens (tertiary/aromatic N) is 2. The molecule has 3 rings (SSSR count). The average molecular weight is 402 g/mol. The maximum Gasteiger partial charge on any atom is 0.418 e. The molecule has 2 aromatic heterocycles. The van der Waals surface area contributed by atoms with Crippen molar-refractivity contribution in [3.05, 3.63) is 83.9 Å². The van der Waals surface area contributed by atoms with Crippen LogP contribution in [0.3, 0.4) is 0 Å². The van der Waals surface area contributed by atoms with E-state index >= 15 is 0 Å². The second-order valence-electron chi connectivity index (χ2n) is 5.98. The lowest BCUT2D eigenvalue weighted by Crippen LogP contribution is -2.34. The van der Waals surface area contributed by atoms with E-state index in [2.05, 4.69) is 20.6 Å². The van der Waals surface area contributed by atoms with Gasteiger partial charge in [-0.3, -0.25) is 9.97 Å². The van der Waals surface area contributed by atoms with E-state index in [4.69, 9.17) is 4.74 Å². The summed E-state index contributed by atoms with van der Waals surface area (Å²) in [5.74, 6) is 0.532. The predicted molar refractivity (Wildman–Crippen MR) is 100 cm³/mol. The van der Waals surface area contributed by atoms with Crippen molar-refractivity contribution in [2.75, 3.05) is 12.4 Å². The summed E-state index contributed by atoms with van der Waals surface area (Å²) in [6.07, 6.45) is -0.422. The van der Waals surface area contributed by atoms with Gasteiger partial charge in [-0.05, 0) is 42.0 Å². The van der Waals surface area contributed by atoms with Gasteiger partial charge in [-0.25, -0.2) is 4.79 Å². The number of ether oxygens (including phenoxy) is 1. The summed E-state index contributed by atoms with van der Waals surface area (Å²) in [4.78, 5) is 20.3. The summed E-state index contributed by atoms with van der Waals surface area (Å²) in [7, 11) is 1.48. The zero-order valence-electron chi connectivity index (χ0n) is 15.3. The number of carbonyl (C=O) groups is 1. The summed E-state index contributed by atoms with van der Waals surface area (Å²) in [6, 6.07) is 9.86. The normalized spacial score (nSPS) is 12.1. The number of carbonyl (C=O) groups excluding carboxylic acids is 1. The number of halogens is 3. The number of rotatable bonds is 5. The standard InChI is InChI=1S/C20H17F3N4O2/c1-29-15-8-6-13(7-9-15)17(18-16(20(21,22)23)5-3-11-25-18)27-19(28)26-14-4-2-10-24-12-14/h2-12,17H,1H3,(H2,26,27,28)/t17-/m0/s1. The summed E-state index contributed by atoms with van der Waals surface area (Å²) in [6.45, 7) is 0. The molecular formula is C20H17F3N4O2. The third-order valence-corrected chi connectivity index (χ3v) is 4.06. The van der Waals surface area contributed by atoms with E-state index < -0.39 is 23.8 Å². The van der Waals surface area contributed by atoms with E-state index in [1.165, 1.54) is 31.8 Å². The Morgan fingerprint density at radius 3 is 2.41 bits per heavy atom. The van der Waals surface area contributed by atoms with Crippen LogP contribution in [0.1, 0.15) is 22.9 Å². The Hall–Kier alpha value is -3.62. The summed E-state index contributed by atoms with van der Waals surface area (Å²) in [5, 5.41) is 5.11. The van der Waals surface area contributed by atoms with Gasteiger partial charge in [0.25, 0.3) is 0 Å². The molecule has 2 N–H and O–H groups in total. The highest BCUT2D eigenvalue weighted by atomic mass is 19.4. The van der Waals surface area contributed by atoms with Crippen LogP contribution in [-0.4, -0.2) is 23.1 Å². The second kappa shape index (κ2) is 8.59. The Morgan fingerprint density at radius 1 is 1.07 bits per heavy atom. The third kappa shape index (κ3) is 5.01. The molecule has 3 aromatic rings. The number of benzene rings is 1. The molecule has 0 bridgehead atoms. The Balaban J connectivity index is 1.97. The Bertz CT molecular complexity index is 963. The van der Waals surface area contributed by atoms with Crippen LogP contribution in [0.15, 0.2) is 67.1 Å². The molecule has 0 unspecified atom stereocenters. The quantitative estimate of drug-likeness (QED) is 0.663. The van der Waals surface area contributed by atoms with Crippen molar-refractivity contribution >= 4 is 11.7 Å². The molecule has 29 heavy (non-hydrogen) atoms. The lowest BCUT2D eigenvalue weighted by molar-refractivity contribution is -0.138. The van der Waals surface area contributed by atoms with Crippen LogP contribution in [0.5, 0.6) is 5.75 Å². The molecule has 0 fully saturated rings. The van der Waals surface area contributed by atoms with Crippen molar-refractivity contribution in [3.63, 3.8) is 0 Å². The minimum Gasteiger partial charge on any atom is -0.497 e. The summed E-state index contributed by atoms with van der Waals surface area (Å²) < 4.78 is 45.7. The van der Waals surface area contributed by atoms with Crippen molar-refractivity contribution < 1.29 is 22.7 Å². The van der Waals surface area contributed by atoms with Gasteiger partial charge in [-0.2, -0.15) is 13.2 Å². The number of aromatic nitrogens is 2. The highest BCUT2D eigenvalue weighted by Gasteiger charge is 2.37. The molecule has 1 aromatic carbocycles. The van der Waals surface area contributed by atoms with Gasteiger partial charge in [-0.15, -0.1) is 0 Å². The molecule has 6 nitrogen and oxygen atoms in total. The number of nitrogens with one attached hydrogen (secondary N) is 2. The molecule has 0 aliphatic heterocycles. The van der Waals surface area contributed by atoms with Gasteiger partial charge < -0.3 is 15.4 Å². The minimum atomic E-state index is -4.63. The van der Waals surface area contributed by atoms with Crippen molar-refractivity contribution in [1.82, 2.24) is 15.3 Å². The van der Waals surface area contributed by atoms with E-state index in [1.807, 2.05) is 0 Å². The van der Waals surface area contributed by atoms with E-state index in [9.17, 15) is 18.0 Å². The Labute approximate surface area is 164 Å². The number of urea groups is 1. The number of amides is 2.